The van der Waals surface area contributed by atoms with Gasteiger partial charge in [-0.2, -0.15) is 4.98 Å². The van der Waals surface area contributed by atoms with E-state index in [0.717, 1.165) is 45.0 Å². The minimum Gasteiger partial charge on any atom is -0.471 e. The van der Waals surface area contributed by atoms with E-state index in [2.05, 4.69) is 49.2 Å². The van der Waals surface area contributed by atoms with Crippen molar-refractivity contribution in [1.29, 1.82) is 0 Å². The number of rotatable bonds is 8. The molecule has 3 aliphatic heterocycles. The first kappa shape index (κ1) is 31.8. The highest BCUT2D eigenvalue weighted by Gasteiger charge is 2.32. The number of nitrogens with two attached hydrogens (primary N) is 1. The van der Waals surface area contributed by atoms with Crippen LogP contribution in [0.5, 0.6) is 5.88 Å². The van der Waals surface area contributed by atoms with Crippen molar-refractivity contribution in [2.75, 3.05) is 69.6 Å². The summed E-state index contributed by atoms with van der Waals surface area (Å²) in [5.41, 5.74) is 7.68. The van der Waals surface area contributed by atoms with Crippen molar-refractivity contribution in [2.24, 2.45) is 5.73 Å². The van der Waals surface area contributed by atoms with Crippen LogP contribution in [0.2, 0.25) is 0 Å². The largest absolute Gasteiger partial charge is 0.471 e. The molecule has 0 bridgehead atoms. The quantitative estimate of drug-likeness (QED) is 0.460. The summed E-state index contributed by atoms with van der Waals surface area (Å²) in [6.45, 7) is 15.1. The molecular formula is C32H48N8O4. The number of hydrogen-bond donors (Lipinski definition) is 2. The predicted molar refractivity (Wildman–Crippen MR) is 171 cm³/mol. The van der Waals surface area contributed by atoms with Gasteiger partial charge in [0.25, 0.3) is 5.91 Å². The average molecular weight is 609 g/mol. The van der Waals surface area contributed by atoms with Gasteiger partial charge in [0.15, 0.2) is 11.5 Å². The number of hydrogen-bond acceptors (Lipinski definition) is 10. The van der Waals surface area contributed by atoms with Gasteiger partial charge < -0.3 is 35.2 Å². The molecule has 3 aliphatic rings. The van der Waals surface area contributed by atoms with Crippen molar-refractivity contribution >= 4 is 29.2 Å². The van der Waals surface area contributed by atoms with Crippen molar-refractivity contribution in [3.05, 3.63) is 35.7 Å². The number of carbonyl (C=O) groups excluding carboxylic acids is 2. The van der Waals surface area contributed by atoms with Crippen LogP contribution in [0.1, 0.15) is 63.1 Å². The summed E-state index contributed by atoms with van der Waals surface area (Å²) < 4.78 is 11.8. The van der Waals surface area contributed by atoms with Crippen LogP contribution < -0.4 is 20.7 Å². The molecule has 1 aromatic heterocycles. The van der Waals surface area contributed by atoms with E-state index < -0.39 is 11.5 Å². The third-order valence-electron chi connectivity index (χ3n) is 8.59. The van der Waals surface area contributed by atoms with Gasteiger partial charge in [-0.3, -0.25) is 9.69 Å². The molecule has 0 radical (unpaired) electrons. The lowest BCUT2D eigenvalue weighted by Crippen LogP contribution is -2.52. The van der Waals surface area contributed by atoms with Crippen LogP contribution in [0.3, 0.4) is 0 Å². The molecule has 1 aromatic carbocycles. The molecule has 4 heterocycles. The standard InChI is InChI=1S/C32H48N8O4/c1-6-26-30(43-25-13-16-40(21-25)31(42)44-32(2,3)4)36-29(27(35-26)28(33)41)34-22-7-9-23(10-8-22)38-14-11-24(12-15-38)39-19-17-37(5)18-20-39/h7-10,24-25H,6,11-21H2,1-5H3,(H2,33,41)(H,34,36). The third kappa shape index (κ3) is 7.89. The van der Waals surface area contributed by atoms with Gasteiger partial charge in [-0.15, -0.1) is 0 Å². The van der Waals surface area contributed by atoms with Crippen LogP contribution in [0.4, 0.5) is 22.0 Å². The Morgan fingerprint density at radius 2 is 1.66 bits per heavy atom. The Hall–Kier alpha value is -3.64. The molecule has 2 amide bonds. The van der Waals surface area contributed by atoms with E-state index in [1.165, 1.54) is 18.5 Å². The molecule has 0 saturated carbocycles. The Labute approximate surface area is 260 Å². The van der Waals surface area contributed by atoms with Crippen LogP contribution >= 0.6 is 0 Å². The van der Waals surface area contributed by atoms with Gasteiger partial charge in [0.1, 0.15) is 17.4 Å². The lowest BCUT2D eigenvalue weighted by atomic mass is 10.0. The molecule has 0 aliphatic carbocycles. The summed E-state index contributed by atoms with van der Waals surface area (Å²) in [7, 11) is 2.20. The van der Waals surface area contributed by atoms with E-state index >= 15 is 0 Å². The van der Waals surface area contributed by atoms with E-state index in [-0.39, 0.29) is 23.7 Å². The van der Waals surface area contributed by atoms with Crippen LogP contribution in [0, 0.1) is 0 Å². The number of primary amides is 1. The summed E-state index contributed by atoms with van der Waals surface area (Å²) in [6, 6.07) is 8.82. The van der Waals surface area contributed by atoms with Gasteiger partial charge >= 0.3 is 6.09 Å². The normalized spacial score (nSPS) is 20.5. The van der Waals surface area contributed by atoms with Crippen molar-refractivity contribution < 1.29 is 19.1 Å². The van der Waals surface area contributed by atoms with Crippen LogP contribution in [-0.2, 0) is 11.2 Å². The lowest BCUT2D eigenvalue weighted by molar-refractivity contribution is 0.0274. The second-order valence-corrected chi connectivity index (χ2v) is 13.1. The molecular weight excluding hydrogens is 560 g/mol. The molecule has 12 heteroatoms. The Morgan fingerprint density at radius 1 is 0.977 bits per heavy atom. The molecule has 240 valence electrons. The molecule has 44 heavy (non-hydrogen) atoms. The van der Waals surface area contributed by atoms with Gasteiger partial charge in [0.2, 0.25) is 5.88 Å². The summed E-state index contributed by atoms with van der Waals surface area (Å²) in [5, 5.41) is 3.24. The zero-order valence-electron chi connectivity index (χ0n) is 26.8. The topological polar surface area (TPSA) is 129 Å². The minimum absolute atomic E-state index is 0.0612. The molecule has 1 atom stereocenters. The van der Waals surface area contributed by atoms with Crippen LogP contribution in [0.15, 0.2) is 24.3 Å². The molecule has 2 aromatic rings. The number of amides is 2. The monoisotopic (exact) mass is 608 g/mol. The number of piperazine rings is 1. The number of likely N-dealkylation sites (tertiary alicyclic amines) is 1. The predicted octanol–water partition coefficient (Wildman–Crippen LogP) is 3.49. The number of aromatic nitrogens is 2. The highest BCUT2D eigenvalue weighted by molar-refractivity contribution is 5.96. The fraction of sp³-hybridized carbons (Fsp3) is 0.625. The summed E-state index contributed by atoms with van der Waals surface area (Å²) in [6.07, 6.45) is 2.85. The van der Waals surface area contributed by atoms with E-state index in [0.29, 0.717) is 43.5 Å². The van der Waals surface area contributed by atoms with Gasteiger partial charge in [-0.1, -0.05) is 6.92 Å². The molecule has 12 nitrogen and oxygen atoms in total. The Bertz CT molecular complexity index is 1300. The zero-order valence-corrected chi connectivity index (χ0v) is 26.8. The number of benzene rings is 1. The van der Waals surface area contributed by atoms with Crippen LogP contribution in [0.25, 0.3) is 0 Å². The number of likely N-dealkylation sites (N-methyl/N-ethyl adjacent to an activating group) is 1. The van der Waals surface area contributed by atoms with E-state index in [9.17, 15) is 9.59 Å². The fourth-order valence-electron chi connectivity index (χ4n) is 6.08. The zero-order chi connectivity index (χ0) is 31.4. The molecule has 1 unspecified atom stereocenters. The molecule has 0 spiro atoms. The highest BCUT2D eigenvalue weighted by atomic mass is 16.6. The minimum atomic E-state index is -0.668. The number of ether oxygens (including phenoxy) is 2. The Morgan fingerprint density at radius 3 is 2.27 bits per heavy atom. The number of aryl methyl sites for hydroxylation is 1. The number of nitrogens with zero attached hydrogens (tertiary/aromatic N) is 6. The highest BCUT2D eigenvalue weighted by Crippen LogP contribution is 2.29. The summed E-state index contributed by atoms with van der Waals surface area (Å²) in [4.78, 5) is 43.2. The SMILES string of the molecule is CCc1nc(C(N)=O)c(Nc2ccc(N3CCC(N4CCN(C)CC4)CC3)cc2)nc1OC1CCN(C(=O)OC(C)(C)C)C1. The second kappa shape index (κ2) is 13.6. The number of carbonyl (C=O) groups is 2. The van der Waals surface area contributed by atoms with Crippen molar-refractivity contribution in [3.63, 3.8) is 0 Å². The fourth-order valence-corrected chi connectivity index (χ4v) is 6.08. The Balaban J connectivity index is 1.23. The molecule has 3 saturated heterocycles. The first-order valence-corrected chi connectivity index (χ1v) is 15.9. The number of anilines is 3. The van der Waals surface area contributed by atoms with Gasteiger partial charge in [0.05, 0.1) is 6.54 Å². The first-order chi connectivity index (χ1) is 21.0. The summed E-state index contributed by atoms with van der Waals surface area (Å²) in [5.74, 6) is -0.0959. The maximum Gasteiger partial charge on any atom is 0.410 e. The van der Waals surface area contributed by atoms with Gasteiger partial charge in [0, 0.05) is 69.7 Å². The lowest BCUT2D eigenvalue weighted by Gasteiger charge is -2.42. The summed E-state index contributed by atoms with van der Waals surface area (Å²) >= 11 is 0. The smallest absolute Gasteiger partial charge is 0.410 e. The van der Waals surface area contributed by atoms with Crippen molar-refractivity contribution in [3.8, 4) is 5.88 Å². The second-order valence-electron chi connectivity index (χ2n) is 13.1. The molecule has 3 N–H and O–H groups in total. The maximum atomic E-state index is 12.5. The van der Waals surface area contributed by atoms with E-state index in [1.54, 1.807) is 4.90 Å². The third-order valence-corrected chi connectivity index (χ3v) is 8.59. The van der Waals surface area contributed by atoms with E-state index in [4.69, 9.17) is 15.2 Å². The molecule has 3 fully saturated rings. The van der Waals surface area contributed by atoms with Crippen LogP contribution in [-0.4, -0.2) is 114 Å². The van der Waals surface area contributed by atoms with Crippen molar-refractivity contribution in [1.82, 2.24) is 24.7 Å². The Kier molecular flexibility index (Phi) is 9.79. The average Bonchev–Trinajstić information content (AvgIpc) is 3.46. The maximum absolute atomic E-state index is 12.5. The van der Waals surface area contributed by atoms with E-state index in [1.807, 2.05) is 39.8 Å². The number of piperidine rings is 1. The number of nitrogens with one attached hydrogen (secondary N) is 1. The first-order valence-electron chi connectivity index (χ1n) is 15.9. The van der Waals surface area contributed by atoms with Crippen molar-refractivity contribution in [2.45, 2.75) is 71.1 Å². The van der Waals surface area contributed by atoms with Gasteiger partial charge in [-0.25, -0.2) is 9.78 Å². The molecule has 5 rings (SSSR count). The van der Waals surface area contributed by atoms with Gasteiger partial charge in [-0.05, 0) is 71.3 Å².